The van der Waals surface area contributed by atoms with Crippen molar-refractivity contribution in [1.82, 2.24) is 5.32 Å². The van der Waals surface area contributed by atoms with Gasteiger partial charge >= 0.3 is 0 Å². The number of rotatable bonds is 6. The molecule has 1 aromatic carbocycles. The van der Waals surface area contributed by atoms with Crippen molar-refractivity contribution in [3.05, 3.63) is 29.8 Å². The van der Waals surface area contributed by atoms with Crippen molar-refractivity contribution in [2.45, 2.75) is 32.1 Å². The first-order chi connectivity index (χ1) is 10.5. The van der Waals surface area contributed by atoms with Gasteiger partial charge in [0.1, 0.15) is 6.54 Å². The molecule has 5 nitrogen and oxygen atoms in total. The van der Waals surface area contributed by atoms with Gasteiger partial charge in [0.25, 0.3) is 0 Å². The fraction of sp³-hybridized carbons (Fsp3) is 0.529. The van der Waals surface area contributed by atoms with E-state index < -0.39 is 0 Å². The summed E-state index contributed by atoms with van der Waals surface area (Å²) in [6.45, 7) is 5.36. The molecule has 0 fully saturated rings. The van der Waals surface area contributed by atoms with Crippen LogP contribution < -0.4 is 10.2 Å². The predicted octanol–water partition coefficient (Wildman–Crippen LogP) is 1.85. The van der Waals surface area contributed by atoms with Crippen LogP contribution in [0.15, 0.2) is 24.3 Å². The number of amides is 2. The molecule has 0 radical (unpaired) electrons. The number of methoxy groups -OCH3 is 1. The molecule has 0 bridgehead atoms. The first-order valence-electron chi connectivity index (χ1n) is 7.61. The van der Waals surface area contributed by atoms with E-state index in [9.17, 15) is 9.59 Å². The molecule has 1 aliphatic rings. The summed E-state index contributed by atoms with van der Waals surface area (Å²) in [4.78, 5) is 26.0. The van der Waals surface area contributed by atoms with Gasteiger partial charge in [-0.25, -0.2) is 0 Å². The molecule has 0 aromatic heterocycles. The average molecular weight is 304 g/mol. The monoisotopic (exact) mass is 304 g/mol. The van der Waals surface area contributed by atoms with Gasteiger partial charge in [0.2, 0.25) is 11.8 Å². The lowest BCUT2D eigenvalue weighted by molar-refractivity contribution is -0.124. The largest absolute Gasteiger partial charge is 0.385 e. The van der Waals surface area contributed by atoms with Gasteiger partial charge in [0.05, 0.1) is 0 Å². The van der Waals surface area contributed by atoms with Crippen molar-refractivity contribution in [3.8, 4) is 0 Å². The van der Waals surface area contributed by atoms with Crippen LogP contribution in [-0.4, -0.2) is 38.6 Å². The average Bonchev–Trinajstić information content (AvgIpc) is 2.48. The zero-order chi connectivity index (χ0) is 16.2. The van der Waals surface area contributed by atoms with Gasteiger partial charge in [-0.2, -0.15) is 0 Å². The Labute approximate surface area is 131 Å². The van der Waals surface area contributed by atoms with E-state index in [1.54, 1.807) is 12.0 Å². The summed E-state index contributed by atoms with van der Waals surface area (Å²) in [6, 6.07) is 7.81. The molecule has 1 aromatic rings. The van der Waals surface area contributed by atoms with E-state index >= 15 is 0 Å². The standard InChI is InChI=1S/C17H24N2O3/c1-17(2)11-16(21)19(14-8-5-4-7-13(14)17)12-15(20)18-9-6-10-22-3/h4-5,7-8H,6,9-12H2,1-3H3,(H,18,20). The van der Waals surface area contributed by atoms with Crippen molar-refractivity contribution in [1.29, 1.82) is 0 Å². The molecule has 2 amide bonds. The molecular weight excluding hydrogens is 280 g/mol. The number of carbonyl (C=O) groups excluding carboxylic acids is 2. The van der Waals surface area contributed by atoms with Crippen LogP contribution in [0.4, 0.5) is 5.69 Å². The van der Waals surface area contributed by atoms with E-state index in [0.29, 0.717) is 19.6 Å². The molecule has 0 saturated heterocycles. The molecule has 1 heterocycles. The fourth-order valence-corrected chi connectivity index (χ4v) is 2.80. The number of hydrogen-bond donors (Lipinski definition) is 1. The highest BCUT2D eigenvalue weighted by molar-refractivity contribution is 6.02. The highest BCUT2D eigenvalue weighted by Crippen LogP contribution is 2.39. The Morgan fingerprint density at radius 1 is 1.36 bits per heavy atom. The lowest BCUT2D eigenvalue weighted by atomic mass is 9.77. The van der Waals surface area contributed by atoms with Crippen molar-refractivity contribution in [3.63, 3.8) is 0 Å². The van der Waals surface area contributed by atoms with Crippen LogP contribution in [0.3, 0.4) is 0 Å². The first kappa shape index (κ1) is 16.5. The number of hydrogen-bond acceptors (Lipinski definition) is 3. The maximum atomic E-state index is 12.4. The Kier molecular flexibility index (Phi) is 5.19. The van der Waals surface area contributed by atoms with Crippen molar-refractivity contribution >= 4 is 17.5 Å². The second-order valence-electron chi connectivity index (χ2n) is 6.25. The number of ether oxygens (including phenoxy) is 1. The number of fused-ring (bicyclic) bond motifs is 1. The first-order valence-corrected chi connectivity index (χ1v) is 7.61. The molecule has 0 spiro atoms. The van der Waals surface area contributed by atoms with Crippen LogP contribution in [0, 0.1) is 0 Å². The van der Waals surface area contributed by atoms with E-state index in [-0.39, 0.29) is 23.8 Å². The Morgan fingerprint density at radius 3 is 2.82 bits per heavy atom. The van der Waals surface area contributed by atoms with Crippen molar-refractivity contribution in [2.75, 3.05) is 31.7 Å². The second-order valence-corrected chi connectivity index (χ2v) is 6.25. The quantitative estimate of drug-likeness (QED) is 0.816. The van der Waals surface area contributed by atoms with Crippen molar-refractivity contribution in [2.24, 2.45) is 0 Å². The third kappa shape index (κ3) is 3.65. The van der Waals surface area contributed by atoms with Gasteiger partial charge in [-0.1, -0.05) is 32.0 Å². The van der Waals surface area contributed by atoms with Crippen LogP contribution in [0.2, 0.25) is 0 Å². The SMILES string of the molecule is COCCCNC(=O)CN1C(=O)CC(C)(C)c2ccccc21. The van der Waals surface area contributed by atoms with Crippen LogP contribution in [0.25, 0.3) is 0 Å². The van der Waals surface area contributed by atoms with E-state index in [0.717, 1.165) is 17.7 Å². The van der Waals surface area contributed by atoms with E-state index in [1.807, 2.05) is 24.3 Å². The van der Waals surface area contributed by atoms with Crippen LogP contribution in [0.1, 0.15) is 32.3 Å². The lowest BCUT2D eigenvalue weighted by Gasteiger charge is -2.38. The van der Waals surface area contributed by atoms with Crippen LogP contribution in [-0.2, 0) is 19.7 Å². The molecular formula is C17H24N2O3. The number of carbonyl (C=O) groups is 2. The predicted molar refractivity (Wildman–Crippen MR) is 85.9 cm³/mol. The van der Waals surface area contributed by atoms with Gasteiger partial charge in [0, 0.05) is 37.8 Å². The number of nitrogens with zero attached hydrogens (tertiary/aromatic N) is 1. The minimum Gasteiger partial charge on any atom is -0.385 e. The molecule has 0 saturated carbocycles. The Bertz CT molecular complexity index is 555. The summed E-state index contributed by atoms with van der Waals surface area (Å²) in [7, 11) is 1.63. The van der Waals surface area contributed by atoms with Crippen LogP contribution >= 0.6 is 0 Å². The molecule has 1 N–H and O–H groups in total. The molecule has 5 heteroatoms. The Morgan fingerprint density at radius 2 is 2.09 bits per heavy atom. The van der Waals surface area contributed by atoms with Gasteiger partial charge in [-0.05, 0) is 18.1 Å². The van der Waals surface area contributed by atoms with E-state index in [2.05, 4.69) is 19.2 Å². The van der Waals surface area contributed by atoms with Gasteiger partial charge in [0.15, 0.2) is 0 Å². The third-order valence-corrected chi connectivity index (χ3v) is 3.97. The summed E-state index contributed by atoms with van der Waals surface area (Å²) < 4.78 is 4.94. The fourth-order valence-electron chi connectivity index (χ4n) is 2.80. The molecule has 120 valence electrons. The Hall–Kier alpha value is -1.88. The summed E-state index contributed by atoms with van der Waals surface area (Å²) in [5, 5.41) is 2.82. The van der Waals surface area contributed by atoms with Crippen LogP contribution in [0.5, 0.6) is 0 Å². The Balaban J connectivity index is 2.07. The molecule has 0 unspecified atom stereocenters. The number of anilines is 1. The zero-order valence-electron chi connectivity index (χ0n) is 13.5. The minimum absolute atomic E-state index is 0.00394. The highest BCUT2D eigenvalue weighted by atomic mass is 16.5. The van der Waals surface area contributed by atoms with E-state index in [1.165, 1.54) is 0 Å². The third-order valence-electron chi connectivity index (χ3n) is 3.97. The van der Waals surface area contributed by atoms with Gasteiger partial charge < -0.3 is 15.0 Å². The summed E-state index contributed by atoms with van der Waals surface area (Å²) in [6.07, 6.45) is 1.18. The second kappa shape index (κ2) is 6.92. The summed E-state index contributed by atoms with van der Waals surface area (Å²) in [5.41, 5.74) is 1.76. The maximum Gasteiger partial charge on any atom is 0.240 e. The van der Waals surface area contributed by atoms with Crippen molar-refractivity contribution < 1.29 is 14.3 Å². The number of para-hydroxylation sites is 1. The molecule has 22 heavy (non-hydrogen) atoms. The summed E-state index contributed by atoms with van der Waals surface area (Å²) in [5.74, 6) is -0.144. The number of benzene rings is 1. The summed E-state index contributed by atoms with van der Waals surface area (Å²) >= 11 is 0. The van der Waals surface area contributed by atoms with Gasteiger partial charge in [-0.15, -0.1) is 0 Å². The zero-order valence-corrected chi connectivity index (χ0v) is 13.5. The minimum atomic E-state index is -0.195. The molecule has 0 atom stereocenters. The number of nitrogens with one attached hydrogen (secondary N) is 1. The maximum absolute atomic E-state index is 12.4. The van der Waals surface area contributed by atoms with E-state index in [4.69, 9.17) is 4.74 Å². The molecule has 0 aliphatic carbocycles. The highest BCUT2D eigenvalue weighted by Gasteiger charge is 2.36. The molecule has 2 rings (SSSR count). The smallest absolute Gasteiger partial charge is 0.240 e. The molecule has 1 aliphatic heterocycles. The normalized spacial score (nSPS) is 16.3. The topological polar surface area (TPSA) is 58.6 Å². The van der Waals surface area contributed by atoms with Gasteiger partial charge in [-0.3, -0.25) is 9.59 Å². The lowest BCUT2D eigenvalue weighted by Crippen LogP contribution is -2.46.